The van der Waals surface area contributed by atoms with Crippen molar-refractivity contribution in [3.8, 4) is 0 Å². The molecule has 2 rings (SSSR count). The van der Waals surface area contributed by atoms with Gasteiger partial charge in [0.25, 0.3) is 5.91 Å². The molecule has 4 nitrogen and oxygen atoms in total. The molecule has 0 saturated carbocycles. The Morgan fingerprint density at radius 2 is 2.09 bits per heavy atom. The number of aryl methyl sites for hydroxylation is 1. The van der Waals surface area contributed by atoms with Crippen molar-refractivity contribution in [1.82, 2.24) is 9.80 Å². The van der Waals surface area contributed by atoms with Crippen LogP contribution in [0.3, 0.4) is 0 Å². The van der Waals surface area contributed by atoms with E-state index in [4.69, 9.17) is 16.3 Å². The zero-order chi connectivity index (χ0) is 16.8. The smallest absolute Gasteiger partial charge is 0.254 e. The monoisotopic (exact) mass is 338 g/mol. The maximum atomic E-state index is 13.0. The summed E-state index contributed by atoms with van der Waals surface area (Å²) in [7, 11) is 3.83. The highest BCUT2D eigenvalue weighted by Gasteiger charge is 2.27. The quantitative estimate of drug-likeness (QED) is 0.747. The van der Waals surface area contributed by atoms with E-state index in [1.165, 1.54) is 0 Å². The SMILES string of the molecule is COCCCN(C(=O)c1ccc(Cl)c(C)c1)C1CCN(C)CC1. The third-order valence-corrected chi connectivity index (χ3v) is 4.97. The summed E-state index contributed by atoms with van der Waals surface area (Å²) < 4.78 is 5.15. The van der Waals surface area contributed by atoms with Gasteiger partial charge < -0.3 is 14.5 Å². The minimum atomic E-state index is 0.107. The van der Waals surface area contributed by atoms with Crippen LogP contribution in [0.2, 0.25) is 5.02 Å². The molecule has 1 aliphatic rings. The summed E-state index contributed by atoms with van der Waals surface area (Å²) in [4.78, 5) is 17.4. The predicted molar refractivity (Wildman–Crippen MR) is 94.2 cm³/mol. The lowest BCUT2D eigenvalue weighted by Crippen LogP contribution is -2.47. The van der Waals surface area contributed by atoms with Gasteiger partial charge in [0.2, 0.25) is 0 Å². The number of hydrogen-bond donors (Lipinski definition) is 0. The van der Waals surface area contributed by atoms with Crippen molar-refractivity contribution in [3.63, 3.8) is 0 Å². The van der Waals surface area contributed by atoms with Crippen LogP contribution in [-0.4, -0.2) is 62.1 Å². The first-order valence-corrected chi connectivity index (χ1v) is 8.65. The van der Waals surface area contributed by atoms with Crippen LogP contribution in [0.4, 0.5) is 0 Å². The number of likely N-dealkylation sites (tertiary alicyclic amines) is 1. The normalized spacial score (nSPS) is 16.5. The fourth-order valence-corrected chi connectivity index (χ4v) is 3.20. The van der Waals surface area contributed by atoms with Gasteiger partial charge in [0.1, 0.15) is 0 Å². The third kappa shape index (κ3) is 4.93. The molecule has 0 bridgehead atoms. The van der Waals surface area contributed by atoms with Gasteiger partial charge in [-0.05, 0) is 70.1 Å². The van der Waals surface area contributed by atoms with Gasteiger partial charge in [0, 0.05) is 36.9 Å². The molecule has 0 radical (unpaired) electrons. The largest absolute Gasteiger partial charge is 0.385 e. The summed E-state index contributed by atoms with van der Waals surface area (Å²) in [6.45, 7) is 5.43. The van der Waals surface area contributed by atoms with E-state index in [1.807, 2.05) is 30.0 Å². The average molecular weight is 339 g/mol. The molecule has 23 heavy (non-hydrogen) atoms. The van der Waals surface area contributed by atoms with Gasteiger partial charge in [0.05, 0.1) is 0 Å². The second-order valence-corrected chi connectivity index (χ2v) is 6.75. The Bertz CT molecular complexity index is 528. The Kier molecular flexibility index (Phi) is 6.88. The number of piperidine rings is 1. The van der Waals surface area contributed by atoms with E-state index in [0.29, 0.717) is 17.7 Å². The second kappa shape index (κ2) is 8.67. The third-order valence-electron chi connectivity index (χ3n) is 4.54. The second-order valence-electron chi connectivity index (χ2n) is 6.34. The minimum Gasteiger partial charge on any atom is -0.385 e. The van der Waals surface area contributed by atoms with Crippen LogP contribution in [0, 0.1) is 6.92 Å². The standard InChI is InChI=1S/C18H27ClN2O2/c1-14-13-15(5-6-17(14)19)18(22)21(9-4-12-23-3)16-7-10-20(2)11-8-16/h5-6,13,16H,4,7-12H2,1-3H3. The number of ether oxygens (including phenoxy) is 1. The van der Waals surface area contributed by atoms with Crippen molar-refractivity contribution in [2.24, 2.45) is 0 Å². The van der Waals surface area contributed by atoms with Crippen LogP contribution in [0.25, 0.3) is 0 Å². The molecule has 1 aromatic rings. The number of carbonyl (C=O) groups is 1. The zero-order valence-electron chi connectivity index (χ0n) is 14.3. The van der Waals surface area contributed by atoms with Crippen molar-refractivity contribution in [2.45, 2.75) is 32.2 Å². The fraction of sp³-hybridized carbons (Fsp3) is 0.611. The lowest BCUT2D eigenvalue weighted by atomic mass is 10.0. The van der Waals surface area contributed by atoms with E-state index < -0.39 is 0 Å². The number of rotatable bonds is 6. The molecule has 0 spiro atoms. The molecular weight excluding hydrogens is 312 g/mol. The maximum Gasteiger partial charge on any atom is 0.254 e. The van der Waals surface area contributed by atoms with Crippen LogP contribution in [-0.2, 0) is 4.74 Å². The van der Waals surface area contributed by atoms with E-state index in [1.54, 1.807) is 7.11 Å². The molecule has 0 aromatic heterocycles. The Morgan fingerprint density at radius 1 is 1.39 bits per heavy atom. The van der Waals surface area contributed by atoms with Crippen molar-refractivity contribution in [1.29, 1.82) is 0 Å². The number of methoxy groups -OCH3 is 1. The molecule has 1 heterocycles. The average Bonchev–Trinajstić information content (AvgIpc) is 2.55. The zero-order valence-corrected chi connectivity index (χ0v) is 15.1. The first kappa shape index (κ1) is 18.2. The van der Waals surface area contributed by atoms with E-state index in [0.717, 1.165) is 50.0 Å². The van der Waals surface area contributed by atoms with E-state index in [9.17, 15) is 4.79 Å². The van der Waals surface area contributed by atoms with Gasteiger partial charge in [-0.25, -0.2) is 0 Å². The molecule has 0 N–H and O–H groups in total. The van der Waals surface area contributed by atoms with Crippen LogP contribution >= 0.6 is 11.6 Å². The van der Waals surface area contributed by atoms with Crippen LogP contribution in [0.1, 0.15) is 35.2 Å². The summed E-state index contributed by atoms with van der Waals surface area (Å²) in [6, 6.07) is 5.84. The molecule has 1 amide bonds. The molecular formula is C18H27ClN2O2. The molecule has 128 valence electrons. The predicted octanol–water partition coefficient (Wildman–Crippen LogP) is 3.22. The summed E-state index contributed by atoms with van der Waals surface area (Å²) in [5, 5.41) is 0.701. The number of hydrogen-bond acceptors (Lipinski definition) is 3. The lowest BCUT2D eigenvalue weighted by Gasteiger charge is -2.37. The Hall–Kier alpha value is -1.10. The van der Waals surface area contributed by atoms with Crippen LogP contribution in [0.5, 0.6) is 0 Å². The van der Waals surface area contributed by atoms with Gasteiger partial charge in [0.15, 0.2) is 0 Å². The summed E-state index contributed by atoms with van der Waals surface area (Å²) in [6.07, 6.45) is 2.92. The molecule has 1 aliphatic heterocycles. The molecule has 0 aliphatic carbocycles. The minimum absolute atomic E-state index is 0.107. The Labute approximate surface area is 144 Å². The first-order valence-electron chi connectivity index (χ1n) is 8.27. The van der Waals surface area contributed by atoms with E-state index in [2.05, 4.69) is 11.9 Å². The Balaban J connectivity index is 2.14. The highest BCUT2D eigenvalue weighted by molar-refractivity contribution is 6.31. The number of nitrogens with zero attached hydrogens (tertiary/aromatic N) is 2. The van der Waals surface area contributed by atoms with Crippen LogP contribution < -0.4 is 0 Å². The first-order chi connectivity index (χ1) is 11.0. The highest BCUT2D eigenvalue weighted by atomic mass is 35.5. The van der Waals surface area contributed by atoms with E-state index in [-0.39, 0.29) is 5.91 Å². The molecule has 1 fully saturated rings. The lowest BCUT2D eigenvalue weighted by molar-refractivity contribution is 0.0564. The Morgan fingerprint density at radius 3 is 2.70 bits per heavy atom. The molecule has 5 heteroatoms. The fourth-order valence-electron chi connectivity index (χ4n) is 3.08. The van der Waals surface area contributed by atoms with Gasteiger partial charge in [-0.1, -0.05) is 11.6 Å². The summed E-state index contributed by atoms with van der Waals surface area (Å²) in [5.74, 6) is 0.107. The van der Waals surface area contributed by atoms with Crippen molar-refractivity contribution >= 4 is 17.5 Å². The molecule has 0 atom stereocenters. The van der Waals surface area contributed by atoms with Gasteiger partial charge in [-0.2, -0.15) is 0 Å². The van der Waals surface area contributed by atoms with Crippen molar-refractivity contribution in [2.75, 3.05) is 40.4 Å². The molecule has 1 aromatic carbocycles. The topological polar surface area (TPSA) is 32.8 Å². The van der Waals surface area contributed by atoms with Crippen molar-refractivity contribution in [3.05, 3.63) is 34.3 Å². The summed E-state index contributed by atoms with van der Waals surface area (Å²) >= 11 is 6.09. The highest BCUT2D eigenvalue weighted by Crippen LogP contribution is 2.21. The maximum absolute atomic E-state index is 13.0. The number of carbonyl (C=O) groups excluding carboxylic acids is 1. The molecule has 1 saturated heterocycles. The number of amides is 1. The van der Waals surface area contributed by atoms with E-state index >= 15 is 0 Å². The van der Waals surface area contributed by atoms with Crippen LogP contribution in [0.15, 0.2) is 18.2 Å². The number of benzene rings is 1. The van der Waals surface area contributed by atoms with Crippen molar-refractivity contribution < 1.29 is 9.53 Å². The number of halogens is 1. The van der Waals surface area contributed by atoms with Gasteiger partial charge >= 0.3 is 0 Å². The summed E-state index contributed by atoms with van der Waals surface area (Å²) in [5.41, 5.74) is 1.67. The molecule has 0 unspecified atom stereocenters. The van der Waals surface area contributed by atoms with Gasteiger partial charge in [-0.15, -0.1) is 0 Å². The van der Waals surface area contributed by atoms with Gasteiger partial charge in [-0.3, -0.25) is 4.79 Å².